The average molecular weight is 285 g/mol. The molecule has 2 atom stereocenters. The van der Waals surface area contributed by atoms with Crippen molar-refractivity contribution in [2.75, 3.05) is 7.05 Å². The van der Waals surface area contributed by atoms with Crippen molar-refractivity contribution in [1.29, 1.82) is 0 Å². The van der Waals surface area contributed by atoms with Crippen LogP contribution in [-0.2, 0) is 0 Å². The van der Waals surface area contributed by atoms with Gasteiger partial charge in [0.2, 0.25) is 0 Å². The first kappa shape index (κ1) is 14.4. The molecule has 0 radical (unpaired) electrons. The Morgan fingerprint density at radius 2 is 1.86 bits per heavy atom. The maximum Gasteiger partial charge on any atom is 0.191 e. The van der Waals surface area contributed by atoms with Gasteiger partial charge in [0.25, 0.3) is 0 Å². The van der Waals surface area contributed by atoms with Gasteiger partial charge in [-0.2, -0.15) is 0 Å². The smallest absolute Gasteiger partial charge is 0.191 e. The lowest BCUT2D eigenvalue weighted by Crippen LogP contribution is -2.45. The third-order valence-electron chi connectivity index (χ3n) is 4.87. The highest BCUT2D eigenvalue weighted by atomic mass is 15.2. The van der Waals surface area contributed by atoms with Gasteiger partial charge in [0.15, 0.2) is 5.96 Å². The molecule has 3 rings (SSSR count). The van der Waals surface area contributed by atoms with E-state index in [2.05, 4.69) is 46.8 Å². The molecule has 1 aromatic carbocycles. The summed E-state index contributed by atoms with van der Waals surface area (Å²) in [7, 11) is 1.88. The highest BCUT2D eigenvalue weighted by molar-refractivity contribution is 5.80. The maximum absolute atomic E-state index is 4.41. The van der Waals surface area contributed by atoms with E-state index >= 15 is 0 Å². The van der Waals surface area contributed by atoms with E-state index in [1.165, 1.54) is 49.7 Å². The molecule has 2 aliphatic carbocycles. The lowest BCUT2D eigenvalue weighted by molar-refractivity contribution is 0.410. The lowest BCUT2D eigenvalue weighted by atomic mass is 9.96. The Labute approximate surface area is 128 Å². The van der Waals surface area contributed by atoms with Gasteiger partial charge in [-0.25, -0.2) is 0 Å². The van der Waals surface area contributed by atoms with Crippen LogP contribution in [0, 0.1) is 6.92 Å². The van der Waals surface area contributed by atoms with Gasteiger partial charge in [0, 0.05) is 25.0 Å². The molecule has 0 aromatic heterocycles. The Kier molecular flexibility index (Phi) is 4.47. The molecule has 114 valence electrons. The van der Waals surface area contributed by atoms with Gasteiger partial charge in [-0.3, -0.25) is 4.99 Å². The zero-order valence-electron chi connectivity index (χ0n) is 13.2. The second kappa shape index (κ2) is 6.50. The highest BCUT2D eigenvalue weighted by Crippen LogP contribution is 2.42. The molecule has 2 unspecified atom stereocenters. The molecule has 0 aliphatic heterocycles. The summed E-state index contributed by atoms with van der Waals surface area (Å²) in [6, 6.07) is 9.89. The molecular weight excluding hydrogens is 258 g/mol. The molecular formula is C18H27N3. The minimum atomic E-state index is 0.542. The number of benzene rings is 1. The highest BCUT2D eigenvalue weighted by Gasteiger charge is 2.39. The monoisotopic (exact) mass is 285 g/mol. The molecule has 1 aromatic rings. The zero-order valence-corrected chi connectivity index (χ0v) is 13.2. The van der Waals surface area contributed by atoms with Gasteiger partial charge in [0.05, 0.1) is 0 Å². The van der Waals surface area contributed by atoms with Crippen LogP contribution in [0.3, 0.4) is 0 Å². The summed E-state index contributed by atoms with van der Waals surface area (Å²) < 4.78 is 0. The molecule has 2 saturated carbocycles. The molecule has 21 heavy (non-hydrogen) atoms. The van der Waals surface area contributed by atoms with Gasteiger partial charge in [-0.1, -0.05) is 43.5 Å². The minimum Gasteiger partial charge on any atom is -0.354 e. The van der Waals surface area contributed by atoms with Gasteiger partial charge >= 0.3 is 0 Å². The van der Waals surface area contributed by atoms with Crippen LogP contribution in [0.25, 0.3) is 0 Å². The summed E-state index contributed by atoms with van der Waals surface area (Å²) in [5.74, 6) is 1.64. The second-order valence-electron chi connectivity index (χ2n) is 6.50. The molecule has 3 heteroatoms. The maximum atomic E-state index is 4.41. The molecule has 2 N–H and O–H groups in total. The predicted octanol–water partition coefficient (Wildman–Crippen LogP) is 3.35. The van der Waals surface area contributed by atoms with Crippen molar-refractivity contribution in [2.45, 2.75) is 63.5 Å². The fourth-order valence-electron chi connectivity index (χ4n) is 3.49. The van der Waals surface area contributed by atoms with Crippen molar-refractivity contribution in [2.24, 2.45) is 4.99 Å². The minimum absolute atomic E-state index is 0.542. The normalized spacial score (nSPS) is 26.5. The van der Waals surface area contributed by atoms with E-state index < -0.39 is 0 Å². The van der Waals surface area contributed by atoms with E-state index in [1.807, 2.05) is 7.05 Å². The fraction of sp³-hybridized carbons (Fsp3) is 0.611. The van der Waals surface area contributed by atoms with Crippen LogP contribution >= 0.6 is 0 Å². The third-order valence-corrected chi connectivity index (χ3v) is 4.87. The van der Waals surface area contributed by atoms with Crippen LogP contribution < -0.4 is 10.6 Å². The van der Waals surface area contributed by atoms with Crippen molar-refractivity contribution in [1.82, 2.24) is 10.6 Å². The third kappa shape index (κ3) is 3.58. The predicted molar refractivity (Wildman–Crippen MR) is 88.8 cm³/mol. The number of guanidine groups is 1. The van der Waals surface area contributed by atoms with E-state index in [9.17, 15) is 0 Å². The number of aliphatic imine (C=N–C) groups is 1. The van der Waals surface area contributed by atoms with Crippen LogP contribution in [-0.4, -0.2) is 25.1 Å². The van der Waals surface area contributed by atoms with E-state index in [1.54, 1.807) is 0 Å². The first-order chi connectivity index (χ1) is 10.3. The standard InChI is InChI=1S/C18H27N3/c1-13-8-6-7-11-15(13)16-12-17(16)21-18(19-2)20-14-9-4-3-5-10-14/h6-8,11,14,16-17H,3-5,9-10,12H2,1-2H3,(H2,19,20,21). The number of nitrogens with zero attached hydrogens (tertiary/aromatic N) is 1. The number of hydrogen-bond donors (Lipinski definition) is 2. The summed E-state index contributed by atoms with van der Waals surface area (Å²) in [5, 5.41) is 7.21. The van der Waals surface area contributed by atoms with Crippen LogP contribution in [0.5, 0.6) is 0 Å². The molecule has 0 spiro atoms. The van der Waals surface area contributed by atoms with Gasteiger partial charge in [0.1, 0.15) is 0 Å². The second-order valence-corrected chi connectivity index (χ2v) is 6.50. The fourth-order valence-corrected chi connectivity index (χ4v) is 3.49. The van der Waals surface area contributed by atoms with Crippen molar-refractivity contribution < 1.29 is 0 Å². The summed E-state index contributed by atoms with van der Waals surface area (Å²) >= 11 is 0. The van der Waals surface area contributed by atoms with E-state index in [0.29, 0.717) is 18.0 Å². The first-order valence-corrected chi connectivity index (χ1v) is 8.33. The summed E-state index contributed by atoms with van der Waals surface area (Å²) in [6.45, 7) is 2.21. The average Bonchev–Trinajstić information content (AvgIpc) is 3.27. The summed E-state index contributed by atoms with van der Waals surface area (Å²) in [5.41, 5.74) is 2.89. The molecule has 0 heterocycles. The largest absolute Gasteiger partial charge is 0.354 e. The van der Waals surface area contributed by atoms with E-state index in [-0.39, 0.29) is 0 Å². The van der Waals surface area contributed by atoms with Gasteiger partial charge in [-0.05, 0) is 37.3 Å². The Morgan fingerprint density at radius 3 is 2.57 bits per heavy atom. The topological polar surface area (TPSA) is 36.4 Å². The molecule has 3 nitrogen and oxygen atoms in total. The molecule has 2 fully saturated rings. The van der Waals surface area contributed by atoms with Crippen molar-refractivity contribution in [3.63, 3.8) is 0 Å². The quantitative estimate of drug-likeness (QED) is 0.660. The van der Waals surface area contributed by atoms with E-state index in [0.717, 1.165) is 5.96 Å². The van der Waals surface area contributed by atoms with Crippen molar-refractivity contribution in [3.05, 3.63) is 35.4 Å². The van der Waals surface area contributed by atoms with Crippen molar-refractivity contribution >= 4 is 5.96 Å². The Hall–Kier alpha value is -1.51. The van der Waals surface area contributed by atoms with Gasteiger partial charge in [-0.15, -0.1) is 0 Å². The Bertz CT molecular complexity index is 503. The Balaban J connectivity index is 1.53. The summed E-state index contributed by atoms with van der Waals surface area (Å²) in [6.07, 6.45) is 7.88. The molecule has 0 amide bonds. The number of rotatable bonds is 3. The molecule has 2 aliphatic rings. The van der Waals surface area contributed by atoms with Crippen LogP contribution in [0.4, 0.5) is 0 Å². The van der Waals surface area contributed by atoms with Crippen LogP contribution in [0.2, 0.25) is 0 Å². The van der Waals surface area contributed by atoms with Crippen LogP contribution in [0.1, 0.15) is 55.6 Å². The number of nitrogens with one attached hydrogen (secondary N) is 2. The first-order valence-electron chi connectivity index (χ1n) is 8.33. The zero-order chi connectivity index (χ0) is 14.7. The SMILES string of the molecule is CN=C(NC1CCCCC1)NC1CC1c1ccccc1C. The number of aryl methyl sites for hydroxylation is 1. The summed E-state index contributed by atoms with van der Waals surface area (Å²) in [4.78, 5) is 4.41. The number of hydrogen-bond acceptors (Lipinski definition) is 1. The Morgan fingerprint density at radius 1 is 1.10 bits per heavy atom. The van der Waals surface area contributed by atoms with Crippen molar-refractivity contribution in [3.8, 4) is 0 Å². The lowest BCUT2D eigenvalue weighted by Gasteiger charge is -2.25. The van der Waals surface area contributed by atoms with Crippen LogP contribution in [0.15, 0.2) is 29.3 Å². The molecule has 0 saturated heterocycles. The van der Waals surface area contributed by atoms with E-state index in [4.69, 9.17) is 0 Å². The van der Waals surface area contributed by atoms with Gasteiger partial charge < -0.3 is 10.6 Å². The molecule has 0 bridgehead atoms.